The number of nitrogens with one attached hydrogen (secondary N) is 1. The first-order valence-corrected chi connectivity index (χ1v) is 8.03. The summed E-state index contributed by atoms with van der Waals surface area (Å²) in [6, 6.07) is 10.2. The Kier molecular flexibility index (Phi) is 5.51. The zero-order valence-corrected chi connectivity index (χ0v) is 14.8. The van der Waals surface area contributed by atoms with Crippen LogP contribution < -0.4 is 5.32 Å². The van der Waals surface area contributed by atoms with Crippen LogP contribution in [0.4, 0.5) is 4.79 Å². The number of ether oxygens (including phenoxy) is 1. The average molecular weight is 345 g/mol. The van der Waals surface area contributed by atoms with E-state index in [1.54, 1.807) is 33.8 Å². The van der Waals surface area contributed by atoms with Crippen LogP contribution in [0.1, 0.15) is 32.1 Å². The summed E-state index contributed by atoms with van der Waals surface area (Å²) in [6.07, 6.45) is -0.652. The highest BCUT2D eigenvalue weighted by atomic mass is 16.6. The van der Waals surface area contributed by atoms with Crippen molar-refractivity contribution < 1.29 is 23.8 Å². The molecule has 0 aliphatic rings. The Morgan fingerprint density at radius 3 is 2.44 bits per heavy atom. The zero-order valence-electron chi connectivity index (χ0n) is 14.8. The van der Waals surface area contributed by atoms with Gasteiger partial charge in [-0.25, -0.2) is 9.59 Å². The number of benzene rings is 1. The van der Waals surface area contributed by atoms with E-state index in [0.29, 0.717) is 11.5 Å². The number of carboxylic acids is 1. The molecule has 25 heavy (non-hydrogen) atoms. The third-order valence-electron chi connectivity index (χ3n) is 3.49. The summed E-state index contributed by atoms with van der Waals surface area (Å²) in [7, 11) is 0. The lowest BCUT2D eigenvalue weighted by Gasteiger charge is -2.21. The first-order valence-electron chi connectivity index (χ1n) is 8.03. The minimum Gasteiger partial charge on any atom is -0.480 e. The molecule has 0 spiro atoms. The Labute approximate surface area is 146 Å². The third-order valence-corrected chi connectivity index (χ3v) is 3.49. The molecule has 1 atom stereocenters. The Bertz CT molecular complexity index is 743. The summed E-state index contributed by atoms with van der Waals surface area (Å²) in [6.45, 7) is 6.92. The van der Waals surface area contributed by atoms with Gasteiger partial charge in [-0.05, 0) is 39.3 Å². The van der Waals surface area contributed by atoms with E-state index < -0.39 is 23.7 Å². The number of alkyl carbamates (subject to hydrolysis) is 1. The molecular formula is C19H23NO5. The summed E-state index contributed by atoms with van der Waals surface area (Å²) in [5, 5.41) is 11.8. The molecule has 2 N–H and O–H groups in total. The minimum absolute atomic E-state index is 0.108. The van der Waals surface area contributed by atoms with Crippen LogP contribution in [0.5, 0.6) is 0 Å². The van der Waals surface area contributed by atoms with Gasteiger partial charge < -0.3 is 19.6 Å². The molecule has 0 aliphatic heterocycles. The molecule has 0 aliphatic carbocycles. The molecule has 0 radical (unpaired) electrons. The number of furan rings is 1. The number of carbonyl (C=O) groups is 2. The monoisotopic (exact) mass is 345 g/mol. The number of carbonyl (C=O) groups excluding carboxylic acids is 1. The molecule has 1 unspecified atom stereocenters. The van der Waals surface area contributed by atoms with Crippen molar-refractivity contribution in [2.24, 2.45) is 0 Å². The molecule has 0 saturated carbocycles. The zero-order chi connectivity index (χ0) is 18.6. The Hall–Kier alpha value is -2.76. The number of aryl methyl sites for hydroxylation is 1. The average Bonchev–Trinajstić information content (AvgIpc) is 2.86. The van der Waals surface area contributed by atoms with Crippen molar-refractivity contribution in [3.8, 4) is 11.3 Å². The van der Waals surface area contributed by atoms with Gasteiger partial charge in [0.05, 0.1) is 0 Å². The summed E-state index contributed by atoms with van der Waals surface area (Å²) in [5.41, 5.74) is 0.935. The molecule has 1 aromatic heterocycles. The number of amides is 1. The van der Waals surface area contributed by atoms with Gasteiger partial charge in [-0.15, -0.1) is 0 Å². The van der Waals surface area contributed by atoms with Crippen LogP contribution in [0.15, 0.2) is 40.8 Å². The highest BCUT2D eigenvalue weighted by molar-refractivity contribution is 5.80. The number of aliphatic carboxylic acids is 1. The highest BCUT2D eigenvalue weighted by Crippen LogP contribution is 2.26. The van der Waals surface area contributed by atoms with Crippen LogP contribution in [0.25, 0.3) is 11.3 Å². The fourth-order valence-electron chi connectivity index (χ4n) is 2.34. The van der Waals surface area contributed by atoms with Crippen LogP contribution in [0.3, 0.4) is 0 Å². The van der Waals surface area contributed by atoms with E-state index in [1.165, 1.54) is 0 Å². The SMILES string of the molecule is Cc1oc(-c2ccccc2)cc1CC(NC(=O)OC(C)(C)C)C(=O)O. The Morgan fingerprint density at radius 2 is 1.88 bits per heavy atom. The molecule has 134 valence electrons. The number of carboxylic acid groups (broad SMARTS) is 1. The minimum atomic E-state index is -1.13. The third kappa shape index (κ3) is 5.38. The molecule has 1 amide bonds. The molecular weight excluding hydrogens is 322 g/mol. The first kappa shape index (κ1) is 18.6. The molecule has 2 rings (SSSR count). The maximum Gasteiger partial charge on any atom is 0.408 e. The van der Waals surface area contributed by atoms with Crippen LogP contribution in [-0.4, -0.2) is 28.8 Å². The van der Waals surface area contributed by atoms with Gasteiger partial charge in [0, 0.05) is 12.0 Å². The maximum atomic E-state index is 11.9. The highest BCUT2D eigenvalue weighted by Gasteiger charge is 2.25. The van der Waals surface area contributed by atoms with Crippen molar-refractivity contribution in [2.75, 3.05) is 0 Å². The topological polar surface area (TPSA) is 88.8 Å². The lowest BCUT2D eigenvalue weighted by molar-refractivity contribution is -0.139. The van der Waals surface area contributed by atoms with E-state index in [0.717, 1.165) is 11.1 Å². The molecule has 6 heteroatoms. The van der Waals surface area contributed by atoms with Crippen molar-refractivity contribution in [2.45, 2.75) is 45.8 Å². The maximum absolute atomic E-state index is 11.9. The number of hydrogen-bond acceptors (Lipinski definition) is 4. The van der Waals surface area contributed by atoms with Gasteiger partial charge >= 0.3 is 12.1 Å². The van der Waals surface area contributed by atoms with Crippen molar-refractivity contribution >= 4 is 12.1 Å². The predicted molar refractivity (Wildman–Crippen MR) is 93.4 cm³/mol. The summed E-state index contributed by atoms with van der Waals surface area (Å²) >= 11 is 0. The van der Waals surface area contributed by atoms with E-state index in [2.05, 4.69) is 5.32 Å². The van der Waals surface area contributed by atoms with Crippen LogP contribution >= 0.6 is 0 Å². The fourth-order valence-corrected chi connectivity index (χ4v) is 2.34. The smallest absolute Gasteiger partial charge is 0.408 e. The molecule has 6 nitrogen and oxygen atoms in total. The molecule has 0 saturated heterocycles. The lowest BCUT2D eigenvalue weighted by atomic mass is 10.1. The molecule has 0 fully saturated rings. The van der Waals surface area contributed by atoms with Crippen LogP contribution in [-0.2, 0) is 16.0 Å². The van der Waals surface area contributed by atoms with Gasteiger partial charge in [-0.1, -0.05) is 30.3 Å². The molecule has 0 bridgehead atoms. The van der Waals surface area contributed by atoms with Crippen molar-refractivity contribution in [1.82, 2.24) is 5.32 Å². The van der Waals surface area contributed by atoms with Gasteiger partial charge in [0.15, 0.2) is 0 Å². The van der Waals surface area contributed by atoms with Crippen LogP contribution in [0.2, 0.25) is 0 Å². The van der Waals surface area contributed by atoms with Gasteiger partial charge in [-0.2, -0.15) is 0 Å². The molecule has 1 heterocycles. The van der Waals surface area contributed by atoms with E-state index in [-0.39, 0.29) is 6.42 Å². The van der Waals surface area contributed by atoms with E-state index in [9.17, 15) is 14.7 Å². The second kappa shape index (κ2) is 7.42. The second-order valence-corrected chi connectivity index (χ2v) is 6.80. The van der Waals surface area contributed by atoms with Crippen molar-refractivity contribution in [3.63, 3.8) is 0 Å². The standard InChI is InChI=1S/C19H23NO5/c1-12-14(11-16(24-12)13-8-6-5-7-9-13)10-15(17(21)22)20-18(23)25-19(2,3)4/h5-9,11,15H,10H2,1-4H3,(H,20,23)(H,21,22). The van der Waals surface area contributed by atoms with Gasteiger partial charge in [-0.3, -0.25) is 0 Å². The quantitative estimate of drug-likeness (QED) is 0.861. The predicted octanol–water partition coefficient (Wildman–Crippen LogP) is 3.78. The van der Waals surface area contributed by atoms with E-state index in [4.69, 9.17) is 9.15 Å². The van der Waals surface area contributed by atoms with Crippen molar-refractivity contribution in [3.05, 3.63) is 47.7 Å². The van der Waals surface area contributed by atoms with E-state index >= 15 is 0 Å². The molecule has 1 aromatic carbocycles. The number of hydrogen-bond donors (Lipinski definition) is 2. The van der Waals surface area contributed by atoms with Crippen molar-refractivity contribution in [1.29, 1.82) is 0 Å². The van der Waals surface area contributed by atoms with Gasteiger partial charge in [0.1, 0.15) is 23.2 Å². The largest absolute Gasteiger partial charge is 0.480 e. The molecule has 2 aromatic rings. The van der Waals surface area contributed by atoms with Gasteiger partial charge in [0.25, 0.3) is 0 Å². The fraction of sp³-hybridized carbons (Fsp3) is 0.368. The summed E-state index contributed by atoms with van der Waals surface area (Å²) in [5.74, 6) is 0.151. The normalized spacial score (nSPS) is 12.5. The van der Waals surface area contributed by atoms with E-state index in [1.807, 2.05) is 30.3 Å². The Morgan fingerprint density at radius 1 is 1.24 bits per heavy atom. The second-order valence-electron chi connectivity index (χ2n) is 6.80. The summed E-state index contributed by atoms with van der Waals surface area (Å²) < 4.78 is 10.9. The summed E-state index contributed by atoms with van der Waals surface area (Å²) in [4.78, 5) is 23.3. The van der Waals surface area contributed by atoms with Gasteiger partial charge in [0.2, 0.25) is 0 Å². The lowest BCUT2D eigenvalue weighted by Crippen LogP contribution is -2.44. The first-order chi connectivity index (χ1) is 11.7. The number of rotatable bonds is 5. The van der Waals surface area contributed by atoms with Crippen LogP contribution in [0, 0.1) is 6.92 Å². The Balaban J connectivity index is 2.13.